The molecule has 4 aliphatic rings. The first kappa shape index (κ1) is 22.0. The van der Waals surface area contributed by atoms with Crippen LogP contribution in [-0.2, 0) is 14.8 Å². The van der Waals surface area contributed by atoms with Gasteiger partial charge in [-0.25, -0.2) is 0 Å². The van der Waals surface area contributed by atoms with Crippen LogP contribution in [0, 0.1) is 5.92 Å². The summed E-state index contributed by atoms with van der Waals surface area (Å²) in [4.78, 5) is 28.2. The van der Waals surface area contributed by atoms with Crippen molar-refractivity contribution >= 4 is 24.4 Å². The predicted octanol–water partition coefficient (Wildman–Crippen LogP) is 3.41. The number of hydrogen-bond acceptors (Lipinski definition) is 5. The van der Waals surface area contributed by atoms with E-state index in [-0.39, 0.29) is 17.7 Å². The molecule has 2 aromatic rings. The van der Waals surface area contributed by atoms with Gasteiger partial charge < -0.3 is 14.4 Å². The summed E-state index contributed by atoms with van der Waals surface area (Å²) in [5.74, 6) is -0.318. The van der Waals surface area contributed by atoms with Crippen molar-refractivity contribution in [2.24, 2.45) is 5.92 Å². The Hall–Kier alpha value is -2.48. The number of hydrogen-bond donors (Lipinski definition) is 1. The first-order chi connectivity index (χ1) is 16.0. The number of imide groups is 1. The monoisotopic (exact) mass is 459 g/mol. The summed E-state index contributed by atoms with van der Waals surface area (Å²) < 4.78 is 12.4. The van der Waals surface area contributed by atoms with E-state index in [2.05, 4.69) is 0 Å². The Labute approximate surface area is 200 Å². The summed E-state index contributed by atoms with van der Waals surface area (Å²) in [6.45, 7) is 8.08. The molecule has 176 valence electrons. The summed E-state index contributed by atoms with van der Waals surface area (Å²) in [7, 11) is -0.487. The molecule has 34 heavy (non-hydrogen) atoms. The van der Waals surface area contributed by atoms with Gasteiger partial charge in [-0.1, -0.05) is 36.4 Å². The first-order valence-corrected chi connectivity index (χ1v) is 12.1. The molecular formula is C27H30BNO5. The van der Waals surface area contributed by atoms with E-state index >= 15 is 0 Å². The van der Waals surface area contributed by atoms with Crippen LogP contribution in [0.4, 0.5) is 0 Å². The number of amides is 2. The maximum absolute atomic E-state index is 13.4. The SMILES string of the molecule is CC1(C)OB(c2ccc(C3(N4C(=O)c5ccccc5C4=O)CC(O)(C4CC4)C3)cc2)OC1(C)C. The number of carbonyl (C=O) groups excluding carboxylic acids is 2. The second kappa shape index (κ2) is 6.81. The van der Waals surface area contributed by atoms with Crippen LogP contribution in [0.1, 0.15) is 79.7 Å². The van der Waals surface area contributed by atoms with Crippen molar-refractivity contribution in [3.63, 3.8) is 0 Å². The van der Waals surface area contributed by atoms with Crippen LogP contribution in [-0.4, -0.2) is 45.7 Å². The Morgan fingerprint density at radius 3 is 1.82 bits per heavy atom. The van der Waals surface area contributed by atoms with Crippen molar-refractivity contribution in [3.05, 3.63) is 65.2 Å². The second-order valence-electron chi connectivity index (χ2n) is 11.5. The highest BCUT2D eigenvalue weighted by Crippen LogP contribution is 2.61. The molecule has 2 heterocycles. The smallest absolute Gasteiger partial charge is 0.399 e. The van der Waals surface area contributed by atoms with Crippen molar-refractivity contribution in [1.29, 1.82) is 0 Å². The first-order valence-electron chi connectivity index (χ1n) is 12.1. The molecule has 0 spiro atoms. The molecule has 0 bridgehead atoms. The van der Waals surface area contributed by atoms with Crippen molar-refractivity contribution in [3.8, 4) is 0 Å². The van der Waals surface area contributed by atoms with Crippen LogP contribution in [0.25, 0.3) is 0 Å². The van der Waals surface area contributed by atoms with Gasteiger partial charge >= 0.3 is 7.12 Å². The number of aliphatic hydroxyl groups is 1. The molecular weight excluding hydrogens is 429 g/mol. The molecule has 0 atom stereocenters. The molecule has 3 fully saturated rings. The number of nitrogens with zero attached hydrogens (tertiary/aromatic N) is 1. The lowest BCUT2D eigenvalue weighted by Crippen LogP contribution is -2.65. The fourth-order valence-electron chi connectivity index (χ4n) is 5.87. The average molecular weight is 459 g/mol. The molecule has 2 aliphatic heterocycles. The Balaban J connectivity index is 1.36. The highest BCUT2D eigenvalue weighted by Gasteiger charge is 2.66. The second-order valence-corrected chi connectivity index (χ2v) is 11.5. The van der Waals surface area contributed by atoms with E-state index in [1.807, 2.05) is 52.0 Å². The van der Waals surface area contributed by atoms with Crippen LogP contribution in [0.3, 0.4) is 0 Å². The zero-order chi connectivity index (χ0) is 24.1. The van der Waals surface area contributed by atoms with Gasteiger partial charge in [-0.3, -0.25) is 14.5 Å². The minimum Gasteiger partial charge on any atom is -0.399 e. The van der Waals surface area contributed by atoms with Crippen LogP contribution < -0.4 is 5.46 Å². The fraction of sp³-hybridized carbons (Fsp3) is 0.481. The summed E-state index contributed by atoms with van der Waals surface area (Å²) in [6, 6.07) is 14.8. The average Bonchev–Trinajstić information content (AvgIpc) is 3.56. The zero-order valence-electron chi connectivity index (χ0n) is 20.1. The summed E-state index contributed by atoms with van der Waals surface area (Å²) >= 11 is 0. The summed E-state index contributed by atoms with van der Waals surface area (Å²) in [6.07, 6.45) is 2.73. The number of fused-ring (bicyclic) bond motifs is 1. The number of carbonyl (C=O) groups is 2. The fourth-order valence-corrected chi connectivity index (χ4v) is 5.87. The van der Waals surface area contributed by atoms with E-state index in [0.29, 0.717) is 24.0 Å². The largest absolute Gasteiger partial charge is 0.494 e. The number of benzene rings is 2. The molecule has 2 aromatic carbocycles. The van der Waals surface area contributed by atoms with Crippen molar-refractivity contribution in [1.82, 2.24) is 4.90 Å². The minimum atomic E-state index is -0.862. The zero-order valence-corrected chi connectivity index (χ0v) is 20.1. The van der Waals surface area contributed by atoms with E-state index in [4.69, 9.17) is 9.31 Å². The van der Waals surface area contributed by atoms with E-state index < -0.39 is 29.5 Å². The molecule has 0 unspecified atom stereocenters. The van der Waals surface area contributed by atoms with E-state index in [1.165, 1.54) is 4.90 Å². The van der Waals surface area contributed by atoms with Gasteiger partial charge in [0.25, 0.3) is 11.8 Å². The molecule has 2 amide bonds. The van der Waals surface area contributed by atoms with Gasteiger partial charge in [0, 0.05) is 12.8 Å². The van der Waals surface area contributed by atoms with E-state index in [9.17, 15) is 14.7 Å². The Bertz CT molecular complexity index is 1140. The van der Waals surface area contributed by atoms with Crippen LogP contribution >= 0.6 is 0 Å². The van der Waals surface area contributed by atoms with Crippen LogP contribution in [0.15, 0.2) is 48.5 Å². The predicted molar refractivity (Wildman–Crippen MR) is 128 cm³/mol. The lowest BCUT2D eigenvalue weighted by atomic mass is 9.58. The third kappa shape index (κ3) is 2.93. The van der Waals surface area contributed by atoms with Gasteiger partial charge in [0.1, 0.15) is 0 Å². The van der Waals surface area contributed by atoms with Crippen LogP contribution in [0.5, 0.6) is 0 Å². The standard InChI is InChI=1S/C27H30BNO5/c1-24(2)25(3,4)34-28(33-24)19-13-11-17(12-14-19)26(15-27(32,16-26)18-9-10-18)29-22(30)20-7-5-6-8-21(20)23(29)31/h5-8,11-14,18,32H,9-10,15-16H2,1-4H3. The highest BCUT2D eigenvalue weighted by atomic mass is 16.7. The van der Waals surface area contributed by atoms with Crippen molar-refractivity contribution in [2.75, 3.05) is 0 Å². The quantitative estimate of drug-likeness (QED) is 0.560. The Morgan fingerprint density at radius 2 is 1.35 bits per heavy atom. The van der Waals surface area contributed by atoms with E-state index in [1.54, 1.807) is 24.3 Å². The molecule has 6 nitrogen and oxygen atoms in total. The third-order valence-electron chi connectivity index (χ3n) is 8.73. The molecule has 0 aromatic heterocycles. The van der Waals surface area contributed by atoms with Crippen LogP contribution in [0.2, 0.25) is 0 Å². The van der Waals surface area contributed by atoms with Crippen molar-refractivity contribution < 1.29 is 24.0 Å². The topological polar surface area (TPSA) is 76.1 Å². The highest BCUT2D eigenvalue weighted by molar-refractivity contribution is 6.62. The molecule has 1 saturated heterocycles. The maximum Gasteiger partial charge on any atom is 0.494 e. The van der Waals surface area contributed by atoms with E-state index in [0.717, 1.165) is 23.9 Å². The molecule has 2 aliphatic carbocycles. The van der Waals surface area contributed by atoms with Crippen molar-refractivity contribution in [2.45, 2.75) is 75.7 Å². The number of rotatable bonds is 4. The Morgan fingerprint density at radius 1 is 0.853 bits per heavy atom. The Kier molecular flexibility index (Phi) is 4.41. The molecule has 7 heteroatoms. The maximum atomic E-state index is 13.4. The van der Waals surface area contributed by atoms with Gasteiger partial charge in [-0.2, -0.15) is 0 Å². The summed E-state index contributed by atoms with van der Waals surface area (Å²) in [5, 5.41) is 11.2. The minimum absolute atomic E-state index is 0.250. The third-order valence-corrected chi connectivity index (χ3v) is 8.73. The van der Waals surface area contributed by atoms with Gasteiger partial charge in [0.05, 0.1) is 33.5 Å². The van der Waals surface area contributed by atoms with Gasteiger partial charge in [-0.05, 0) is 69.6 Å². The van der Waals surface area contributed by atoms with Gasteiger partial charge in [0.2, 0.25) is 0 Å². The van der Waals surface area contributed by atoms with Gasteiger partial charge in [-0.15, -0.1) is 0 Å². The molecule has 0 radical (unpaired) electrons. The molecule has 1 N–H and O–H groups in total. The summed E-state index contributed by atoms with van der Waals surface area (Å²) in [5.41, 5.74) is 0.0342. The van der Waals surface area contributed by atoms with Gasteiger partial charge in [0.15, 0.2) is 0 Å². The molecule has 6 rings (SSSR count). The lowest BCUT2D eigenvalue weighted by Gasteiger charge is -2.57. The molecule has 2 saturated carbocycles. The lowest BCUT2D eigenvalue weighted by molar-refractivity contribution is -0.143. The normalized spacial score (nSPS) is 31.6.